The summed E-state index contributed by atoms with van der Waals surface area (Å²) in [6, 6.07) is 12.1. The number of nitrogens with one attached hydrogen (secondary N) is 2. The van der Waals surface area contributed by atoms with Gasteiger partial charge in [-0.15, -0.1) is 0 Å². The van der Waals surface area contributed by atoms with E-state index in [1.807, 2.05) is 31.1 Å². The maximum absolute atomic E-state index is 12.2. The Labute approximate surface area is 169 Å². The minimum Gasteiger partial charge on any atom is -0.494 e. The van der Waals surface area contributed by atoms with Crippen LogP contribution in [0.3, 0.4) is 0 Å². The van der Waals surface area contributed by atoms with Crippen molar-refractivity contribution < 1.29 is 19.1 Å². The molecule has 152 valence electrons. The molecule has 3 rings (SSSR count). The van der Waals surface area contributed by atoms with E-state index < -0.39 is 11.8 Å². The Morgan fingerprint density at radius 3 is 2.17 bits per heavy atom. The fraction of sp³-hybridized carbons (Fsp3) is 0.286. The molecule has 2 aromatic rings. The van der Waals surface area contributed by atoms with Gasteiger partial charge in [0.05, 0.1) is 12.8 Å². The smallest absolute Gasteiger partial charge is 0.314 e. The summed E-state index contributed by atoms with van der Waals surface area (Å²) >= 11 is 0. The van der Waals surface area contributed by atoms with Crippen LogP contribution in [0.25, 0.3) is 0 Å². The second-order valence-electron chi connectivity index (χ2n) is 6.89. The van der Waals surface area contributed by atoms with Gasteiger partial charge in [-0.25, -0.2) is 0 Å². The summed E-state index contributed by atoms with van der Waals surface area (Å²) in [5.41, 5.74) is 2.56. The molecule has 0 saturated carbocycles. The highest BCUT2D eigenvalue weighted by molar-refractivity contribution is 6.43. The molecule has 1 fully saturated rings. The maximum atomic E-state index is 12.2. The zero-order valence-electron chi connectivity index (χ0n) is 16.7. The van der Waals surface area contributed by atoms with E-state index in [-0.39, 0.29) is 5.91 Å². The summed E-state index contributed by atoms with van der Waals surface area (Å²) in [5, 5.41) is 5.12. The Morgan fingerprint density at radius 2 is 1.62 bits per heavy atom. The summed E-state index contributed by atoms with van der Waals surface area (Å²) in [6.07, 6.45) is 1.31. The van der Waals surface area contributed by atoms with Crippen LogP contribution in [-0.2, 0) is 14.4 Å². The van der Waals surface area contributed by atoms with Crippen LogP contribution in [0, 0.1) is 0 Å². The number of methoxy groups -OCH3 is 1. The molecule has 1 heterocycles. The number of anilines is 4. The number of hydrogen-bond donors (Lipinski definition) is 2. The largest absolute Gasteiger partial charge is 0.494 e. The first-order valence-electron chi connectivity index (χ1n) is 9.27. The van der Waals surface area contributed by atoms with Crippen LogP contribution in [0.1, 0.15) is 12.8 Å². The first-order valence-corrected chi connectivity index (χ1v) is 9.27. The van der Waals surface area contributed by atoms with Gasteiger partial charge in [-0.3, -0.25) is 14.4 Å². The molecule has 0 unspecified atom stereocenters. The van der Waals surface area contributed by atoms with Gasteiger partial charge in [0, 0.05) is 50.2 Å². The fourth-order valence-corrected chi connectivity index (χ4v) is 3.10. The molecule has 1 aliphatic rings. The number of benzene rings is 2. The van der Waals surface area contributed by atoms with Gasteiger partial charge in [-0.2, -0.15) is 0 Å². The van der Waals surface area contributed by atoms with Gasteiger partial charge in [-0.05, 0) is 42.8 Å². The van der Waals surface area contributed by atoms with Crippen LogP contribution < -0.4 is 25.2 Å². The highest BCUT2D eigenvalue weighted by Gasteiger charge is 2.25. The standard InChI is InChI=1S/C21H24N4O4/c1-24(2)16-9-6-14(7-10-16)22-20(27)21(28)23-15-8-11-17(18(13-15)29-3)25-12-4-5-19(25)26/h6-11,13H,4-5,12H2,1-3H3,(H,22,27)(H,23,28). The highest BCUT2D eigenvalue weighted by Crippen LogP contribution is 2.33. The van der Waals surface area contributed by atoms with Crippen molar-refractivity contribution in [3.63, 3.8) is 0 Å². The van der Waals surface area contributed by atoms with E-state index in [9.17, 15) is 14.4 Å². The summed E-state index contributed by atoms with van der Waals surface area (Å²) < 4.78 is 5.37. The molecule has 0 spiro atoms. The van der Waals surface area contributed by atoms with Gasteiger partial charge >= 0.3 is 11.8 Å². The first-order chi connectivity index (χ1) is 13.9. The van der Waals surface area contributed by atoms with Crippen molar-refractivity contribution >= 4 is 40.5 Å². The molecule has 2 aromatic carbocycles. The number of hydrogen-bond acceptors (Lipinski definition) is 5. The summed E-state index contributed by atoms with van der Waals surface area (Å²) in [5.74, 6) is -1.08. The van der Waals surface area contributed by atoms with Crippen LogP contribution in [0.15, 0.2) is 42.5 Å². The number of carbonyl (C=O) groups excluding carboxylic acids is 3. The lowest BCUT2D eigenvalue weighted by Gasteiger charge is -2.19. The zero-order chi connectivity index (χ0) is 21.0. The predicted octanol–water partition coefficient (Wildman–Crippen LogP) is 2.47. The third-order valence-electron chi connectivity index (χ3n) is 4.65. The Balaban J connectivity index is 1.66. The summed E-state index contributed by atoms with van der Waals surface area (Å²) in [7, 11) is 5.33. The van der Waals surface area contributed by atoms with Crippen LogP contribution in [-0.4, -0.2) is 45.5 Å². The molecule has 0 atom stereocenters. The van der Waals surface area contributed by atoms with Crippen molar-refractivity contribution in [3.8, 4) is 5.75 Å². The van der Waals surface area contributed by atoms with Crippen LogP contribution in [0.4, 0.5) is 22.7 Å². The molecular formula is C21H24N4O4. The van der Waals surface area contributed by atoms with Gasteiger partial charge in [-0.1, -0.05) is 0 Å². The number of amides is 3. The van der Waals surface area contributed by atoms with Crippen LogP contribution in [0.2, 0.25) is 0 Å². The van der Waals surface area contributed by atoms with Crippen molar-refractivity contribution in [1.82, 2.24) is 0 Å². The van der Waals surface area contributed by atoms with Crippen molar-refractivity contribution in [2.24, 2.45) is 0 Å². The lowest BCUT2D eigenvalue weighted by molar-refractivity contribution is -0.132. The summed E-state index contributed by atoms with van der Waals surface area (Å²) in [6.45, 7) is 0.635. The Bertz CT molecular complexity index is 925. The molecule has 2 N–H and O–H groups in total. The van der Waals surface area contributed by atoms with Gasteiger partial charge in [0.1, 0.15) is 5.75 Å². The van der Waals surface area contributed by atoms with Crippen molar-refractivity contribution in [2.75, 3.05) is 48.2 Å². The Kier molecular flexibility index (Phi) is 6.01. The molecule has 8 nitrogen and oxygen atoms in total. The van der Waals surface area contributed by atoms with E-state index in [2.05, 4.69) is 10.6 Å². The first kappa shape index (κ1) is 20.2. The average Bonchev–Trinajstić information content (AvgIpc) is 3.13. The van der Waals surface area contributed by atoms with Crippen LogP contribution >= 0.6 is 0 Å². The molecular weight excluding hydrogens is 372 g/mol. The second-order valence-corrected chi connectivity index (χ2v) is 6.89. The van der Waals surface area contributed by atoms with Gasteiger partial charge in [0.15, 0.2) is 0 Å². The average molecular weight is 396 g/mol. The molecule has 1 saturated heterocycles. The van der Waals surface area contributed by atoms with Gasteiger partial charge < -0.3 is 25.2 Å². The minimum atomic E-state index is -0.797. The third kappa shape index (κ3) is 4.66. The van der Waals surface area contributed by atoms with E-state index in [1.54, 1.807) is 35.2 Å². The topological polar surface area (TPSA) is 91.0 Å². The van der Waals surface area contributed by atoms with Crippen LogP contribution in [0.5, 0.6) is 5.75 Å². The Morgan fingerprint density at radius 1 is 1.00 bits per heavy atom. The Hall–Kier alpha value is -3.55. The molecule has 0 radical (unpaired) electrons. The normalized spacial score (nSPS) is 13.2. The highest BCUT2D eigenvalue weighted by atomic mass is 16.5. The number of ether oxygens (including phenoxy) is 1. The molecule has 0 aromatic heterocycles. The number of carbonyl (C=O) groups is 3. The van der Waals surface area contributed by atoms with Crippen molar-refractivity contribution in [3.05, 3.63) is 42.5 Å². The monoisotopic (exact) mass is 396 g/mol. The van der Waals surface area contributed by atoms with Gasteiger partial charge in [0.25, 0.3) is 0 Å². The number of rotatable bonds is 5. The van der Waals surface area contributed by atoms with Crippen molar-refractivity contribution in [1.29, 1.82) is 0 Å². The lowest BCUT2D eigenvalue weighted by Crippen LogP contribution is -2.29. The molecule has 0 aliphatic carbocycles. The fourth-order valence-electron chi connectivity index (χ4n) is 3.10. The quantitative estimate of drug-likeness (QED) is 0.758. The minimum absolute atomic E-state index is 0.0414. The van der Waals surface area contributed by atoms with E-state index in [0.29, 0.717) is 35.8 Å². The summed E-state index contributed by atoms with van der Waals surface area (Å²) in [4.78, 5) is 40.0. The van der Waals surface area contributed by atoms with E-state index in [4.69, 9.17) is 4.74 Å². The lowest BCUT2D eigenvalue weighted by atomic mass is 10.2. The SMILES string of the molecule is COc1cc(NC(=O)C(=O)Nc2ccc(N(C)C)cc2)ccc1N1CCCC1=O. The van der Waals surface area contributed by atoms with E-state index in [0.717, 1.165) is 12.1 Å². The molecule has 0 bridgehead atoms. The van der Waals surface area contributed by atoms with Crippen molar-refractivity contribution in [2.45, 2.75) is 12.8 Å². The second kappa shape index (κ2) is 8.64. The van der Waals surface area contributed by atoms with Gasteiger partial charge in [0.2, 0.25) is 5.91 Å². The number of nitrogens with zero attached hydrogens (tertiary/aromatic N) is 2. The molecule has 8 heteroatoms. The molecule has 3 amide bonds. The predicted molar refractivity (Wildman–Crippen MR) is 113 cm³/mol. The van der Waals surface area contributed by atoms with E-state index in [1.165, 1.54) is 7.11 Å². The third-order valence-corrected chi connectivity index (χ3v) is 4.65. The van der Waals surface area contributed by atoms with E-state index >= 15 is 0 Å². The maximum Gasteiger partial charge on any atom is 0.314 e. The zero-order valence-corrected chi connectivity index (χ0v) is 16.7. The molecule has 29 heavy (non-hydrogen) atoms. The molecule has 1 aliphatic heterocycles.